The number of carbonyl (C=O) groups excluding carboxylic acids is 2. The fourth-order valence-corrected chi connectivity index (χ4v) is 7.45. The summed E-state index contributed by atoms with van der Waals surface area (Å²) in [4.78, 5) is 33.9. The number of aryl methyl sites for hydroxylation is 2. The van der Waals surface area contributed by atoms with E-state index in [-0.39, 0.29) is 23.8 Å². The molecule has 7 heteroatoms. The number of aliphatic hydroxyl groups excluding tert-OH is 1. The highest BCUT2D eigenvalue weighted by Crippen LogP contribution is 2.21. The van der Waals surface area contributed by atoms with Crippen LogP contribution < -0.4 is 10.6 Å². The number of hydrogen-bond acceptors (Lipinski definition) is 5. The first-order valence-corrected chi connectivity index (χ1v) is 19.0. The summed E-state index contributed by atoms with van der Waals surface area (Å²) < 4.78 is 0. The summed E-state index contributed by atoms with van der Waals surface area (Å²) in [5.41, 5.74) is 5.05. The van der Waals surface area contributed by atoms with Crippen molar-refractivity contribution in [1.29, 1.82) is 0 Å². The molecule has 0 radical (unpaired) electrons. The zero-order valence-electron chi connectivity index (χ0n) is 30.1. The third kappa shape index (κ3) is 11.1. The molecule has 0 saturated carbocycles. The number of aliphatic hydroxyl groups is 1. The Morgan fingerprint density at radius 3 is 2.06 bits per heavy atom. The van der Waals surface area contributed by atoms with E-state index in [1.54, 1.807) is 12.3 Å². The summed E-state index contributed by atoms with van der Waals surface area (Å²) in [5.74, 6) is -0.254. The molecule has 3 atom stereocenters. The predicted octanol–water partition coefficient (Wildman–Crippen LogP) is 7.18. The third-order valence-corrected chi connectivity index (χ3v) is 10.3. The predicted molar refractivity (Wildman–Crippen MR) is 209 cm³/mol. The molecule has 2 amide bonds. The van der Waals surface area contributed by atoms with Gasteiger partial charge in [-0.2, -0.15) is 0 Å². The maximum atomic E-state index is 13.8. The number of fused-ring (bicyclic) bond motifs is 1. The van der Waals surface area contributed by atoms with Crippen LogP contribution >= 0.6 is 0 Å². The fraction of sp³-hybridized carbons (Fsp3) is 0.356. The van der Waals surface area contributed by atoms with E-state index in [1.807, 2.05) is 66.7 Å². The van der Waals surface area contributed by atoms with Crippen LogP contribution in [0.15, 0.2) is 128 Å². The van der Waals surface area contributed by atoms with Crippen molar-refractivity contribution >= 4 is 22.7 Å². The first-order chi connectivity index (χ1) is 25.5. The second-order valence-electron chi connectivity index (χ2n) is 14.3. The molecular weight excluding hydrogens is 645 g/mol. The van der Waals surface area contributed by atoms with Crippen molar-refractivity contribution in [2.24, 2.45) is 5.92 Å². The lowest BCUT2D eigenvalue weighted by Crippen LogP contribution is -2.52. The van der Waals surface area contributed by atoms with Crippen molar-refractivity contribution < 1.29 is 14.7 Å². The van der Waals surface area contributed by atoms with Gasteiger partial charge in [0.05, 0.1) is 23.6 Å². The third-order valence-electron chi connectivity index (χ3n) is 10.3. The van der Waals surface area contributed by atoms with Crippen LogP contribution in [0.5, 0.6) is 0 Å². The van der Waals surface area contributed by atoms with Crippen LogP contribution in [0.1, 0.15) is 65.6 Å². The minimum absolute atomic E-state index is 0.114. The number of carbonyl (C=O) groups is 2. The molecule has 1 fully saturated rings. The minimum atomic E-state index is -0.822. The molecule has 6 rings (SSSR count). The van der Waals surface area contributed by atoms with E-state index < -0.39 is 12.1 Å². The molecule has 1 aliphatic rings. The van der Waals surface area contributed by atoms with E-state index in [4.69, 9.17) is 0 Å². The highest BCUT2D eigenvalue weighted by molar-refractivity contribution is 5.98. The summed E-state index contributed by atoms with van der Waals surface area (Å²) in [7, 11) is 0. The molecule has 5 aromatic rings. The number of β-amino-alcohol motifs (C(OH)–C–C–N with tert-alkyl or cyclic N) is 1. The molecule has 52 heavy (non-hydrogen) atoms. The van der Waals surface area contributed by atoms with Gasteiger partial charge >= 0.3 is 0 Å². The molecule has 1 saturated heterocycles. The lowest BCUT2D eigenvalue weighted by atomic mass is 9.94. The molecule has 7 nitrogen and oxygen atoms in total. The van der Waals surface area contributed by atoms with Crippen LogP contribution in [0.3, 0.4) is 0 Å². The Balaban J connectivity index is 1.06. The Hall–Kier alpha value is -4.85. The molecule has 3 N–H and O–H groups in total. The van der Waals surface area contributed by atoms with Crippen molar-refractivity contribution in [3.8, 4) is 0 Å². The Morgan fingerprint density at radius 2 is 1.40 bits per heavy atom. The number of pyridine rings is 1. The lowest BCUT2D eigenvalue weighted by molar-refractivity contribution is -0.127. The van der Waals surface area contributed by atoms with Gasteiger partial charge in [0.25, 0.3) is 5.91 Å². The molecule has 4 aromatic carbocycles. The van der Waals surface area contributed by atoms with E-state index in [9.17, 15) is 14.7 Å². The van der Waals surface area contributed by atoms with E-state index in [2.05, 4.69) is 69.0 Å². The molecule has 270 valence electrons. The Labute approximate surface area is 308 Å². The Morgan fingerprint density at radius 1 is 0.769 bits per heavy atom. The van der Waals surface area contributed by atoms with Gasteiger partial charge in [0.2, 0.25) is 5.91 Å². The summed E-state index contributed by atoms with van der Waals surface area (Å²) >= 11 is 0. The average molecular weight is 697 g/mol. The number of nitrogens with one attached hydrogen (secondary N) is 2. The number of benzene rings is 4. The summed E-state index contributed by atoms with van der Waals surface area (Å²) in [6.07, 6.45) is 9.06. The molecular formula is C45H52N4O3. The maximum Gasteiger partial charge on any atom is 0.251 e. The monoisotopic (exact) mass is 696 g/mol. The highest BCUT2D eigenvalue weighted by Gasteiger charge is 2.31. The van der Waals surface area contributed by atoms with Gasteiger partial charge in [-0.15, -0.1) is 0 Å². The van der Waals surface area contributed by atoms with Crippen molar-refractivity contribution in [3.63, 3.8) is 0 Å². The number of piperidine rings is 1. The van der Waals surface area contributed by atoms with Crippen LogP contribution in [0.4, 0.5) is 0 Å². The minimum Gasteiger partial charge on any atom is -0.390 e. The van der Waals surface area contributed by atoms with Gasteiger partial charge in [-0.05, 0) is 105 Å². The van der Waals surface area contributed by atoms with E-state index in [0.717, 1.165) is 74.4 Å². The Bertz CT molecular complexity index is 1790. The van der Waals surface area contributed by atoms with Gasteiger partial charge in [0.1, 0.15) is 0 Å². The van der Waals surface area contributed by atoms with Crippen molar-refractivity contribution in [2.45, 2.75) is 76.0 Å². The second-order valence-corrected chi connectivity index (χ2v) is 14.3. The van der Waals surface area contributed by atoms with Gasteiger partial charge in [0.15, 0.2) is 0 Å². The van der Waals surface area contributed by atoms with Crippen LogP contribution in [-0.2, 0) is 24.1 Å². The Kier molecular flexibility index (Phi) is 13.6. The van der Waals surface area contributed by atoms with Gasteiger partial charge in [-0.3, -0.25) is 19.5 Å². The number of hydrogen-bond donors (Lipinski definition) is 3. The number of likely N-dealkylation sites (tertiary alicyclic amines) is 1. The van der Waals surface area contributed by atoms with Gasteiger partial charge in [0, 0.05) is 36.3 Å². The number of nitrogens with zero attached hydrogens (tertiary/aromatic N) is 2. The molecule has 0 aliphatic carbocycles. The van der Waals surface area contributed by atoms with Gasteiger partial charge < -0.3 is 15.7 Å². The van der Waals surface area contributed by atoms with Crippen LogP contribution in [0.25, 0.3) is 10.9 Å². The van der Waals surface area contributed by atoms with Crippen LogP contribution in [-0.4, -0.2) is 64.6 Å². The summed E-state index contributed by atoms with van der Waals surface area (Å²) in [5, 5.41) is 19.2. The molecule has 2 heterocycles. The quantitative estimate of drug-likeness (QED) is 0.0958. The van der Waals surface area contributed by atoms with E-state index >= 15 is 0 Å². The zero-order valence-corrected chi connectivity index (χ0v) is 30.1. The molecule has 2 unspecified atom stereocenters. The van der Waals surface area contributed by atoms with E-state index in [1.165, 1.54) is 11.1 Å². The normalized spacial score (nSPS) is 16.0. The molecule has 0 spiro atoms. The number of rotatable bonds is 17. The average Bonchev–Trinajstić information content (AvgIpc) is 3.18. The second kappa shape index (κ2) is 19.1. The first-order valence-electron chi connectivity index (χ1n) is 19.0. The first kappa shape index (κ1) is 36.9. The highest BCUT2D eigenvalue weighted by atomic mass is 16.3. The maximum absolute atomic E-state index is 13.8. The van der Waals surface area contributed by atoms with Crippen LogP contribution in [0.2, 0.25) is 0 Å². The summed E-state index contributed by atoms with van der Waals surface area (Å²) in [6, 6.07) is 40.0. The molecule has 1 aromatic heterocycles. The zero-order chi connectivity index (χ0) is 36.0. The standard InChI is InChI=1S/C45H52N4O3/c50-43(42(30-36-18-8-3-9-19-36)48-44(51)38-26-27-41-37(31-38)22-12-28-46-41)33-49-29-13-23-39(32-49)45(52)47-40(24-10-20-34-14-4-1-5-15-34)25-11-21-35-16-6-2-7-17-35/h1-9,12,14-19,22,26-28,31,39-40,42-43,50H,10-11,13,20-21,23-25,29-30,32-33H2,(H,47,52)(H,48,51)/t39?,42?,43-/m0/s1. The summed E-state index contributed by atoms with van der Waals surface area (Å²) in [6.45, 7) is 1.77. The van der Waals surface area contributed by atoms with E-state index in [0.29, 0.717) is 25.1 Å². The smallest absolute Gasteiger partial charge is 0.251 e. The largest absolute Gasteiger partial charge is 0.390 e. The lowest BCUT2D eigenvalue weighted by Gasteiger charge is -2.36. The fourth-order valence-electron chi connectivity index (χ4n) is 7.45. The number of aromatic nitrogens is 1. The molecule has 1 aliphatic heterocycles. The van der Waals surface area contributed by atoms with Gasteiger partial charge in [-0.25, -0.2) is 0 Å². The SMILES string of the molecule is O=C(NC(Cc1ccccc1)[C@@H](O)CN1CCCC(C(=O)NC(CCCc2ccccc2)CCCc2ccccc2)C1)c1ccc2ncccc2c1. The van der Waals surface area contributed by atoms with Crippen molar-refractivity contribution in [2.75, 3.05) is 19.6 Å². The number of amides is 2. The topological polar surface area (TPSA) is 94.6 Å². The molecule has 0 bridgehead atoms. The van der Waals surface area contributed by atoms with Crippen molar-refractivity contribution in [1.82, 2.24) is 20.5 Å². The van der Waals surface area contributed by atoms with Gasteiger partial charge in [-0.1, -0.05) is 97.1 Å². The van der Waals surface area contributed by atoms with Crippen molar-refractivity contribution in [3.05, 3.63) is 150 Å². The van der Waals surface area contributed by atoms with Crippen LogP contribution in [0, 0.1) is 5.92 Å².